The van der Waals surface area contributed by atoms with Crippen LogP contribution in [-0.2, 0) is 17.7 Å². The molecular formula is C13H23N3O. The summed E-state index contributed by atoms with van der Waals surface area (Å²) in [5, 5.41) is 3.35. The molecule has 1 heterocycles. The number of nitrogens with zero attached hydrogens (tertiary/aromatic N) is 2. The largest absolute Gasteiger partial charge is 0.381 e. The van der Waals surface area contributed by atoms with Gasteiger partial charge in [0.2, 0.25) is 0 Å². The standard InChI is InChI=1S/C13H23N3O/c1-4-7-14-10-12-9-11(3)15-13(16-12)6-8-17-5-2/h9,14H,4-8,10H2,1-3H3. The van der Waals surface area contributed by atoms with Crippen LogP contribution in [0.2, 0.25) is 0 Å². The summed E-state index contributed by atoms with van der Waals surface area (Å²) in [6.07, 6.45) is 1.93. The van der Waals surface area contributed by atoms with Gasteiger partial charge in [-0.1, -0.05) is 6.92 Å². The number of hydrogen-bond acceptors (Lipinski definition) is 4. The van der Waals surface area contributed by atoms with Crippen LogP contribution < -0.4 is 5.32 Å². The van der Waals surface area contributed by atoms with Crippen LogP contribution >= 0.6 is 0 Å². The van der Waals surface area contributed by atoms with E-state index in [4.69, 9.17) is 4.74 Å². The Hall–Kier alpha value is -1.00. The first kappa shape index (κ1) is 14.1. The first-order chi connectivity index (χ1) is 8.26. The van der Waals surface area contributed by atoms with Crippen molar-refractivity contribution in [3.63, 3.8) is 0 Å². The highest BCUT2D eigenvalue weighted by atomic mass is 16.5. The fourth-order valence-electron chi connectivity index (χ4n) is 1.60. The van der Waals surface area contributed by atoms with E-state index in [1.807, 2.05) is 19.9 Å². The van der Waals surface area contributed by atoms with E-state index in [1.165, 1.54) is 0 Å². The summed E-state index contributed by atoms with van der Waals surface area (Å²) in [5.41, 5.74) is 2.09. The molecule has 0 atom stereocenters. The molecule has 1 rings (SSSR count). The number of aromatic nitrogens is 2. The van der Waals surface area contributed by atoms with E-state index < -0.39 is 0 Å². The Kier molecular flexibility index (Phi) is 6.74. The second-order valence-corrected chi connectivity index (χ2v) is 4.04. The molecule has 0 aromatic carbocycles. The maximum absolute atomic E-state index is 5.32. The van der Waals surface area contributed by atoms with Gasteiger partial charge < -0.3 is 10.1 Å². The predicted octanol–water partition coefficient (Wildman–Crippen LogP) is 1.86. The zero-order valence-electron chi connectivity index (χ0n) is 11.1. The third-order valence-corrected chi connectivity index (χ3v) is 2.36. The Labute approximate surface area is 104 Å². The van der Waals surface area contributed by atoms with Crippen LogP contribution in [0.15, 0.2) is 6.07 Å². The molecule has 0 amide bonds. The number of aryl methyl sites for hydroxylation is 1. The SMILES string of the molecule is CCCNCc1cc(C)nc(CCOCC)n1. The summed E-state index contributed by atoms with van der Waals surface area (Å²) in [5.74, 6) is 0.881. The molecule has 0 aliphatic heterocycles. The van der Waals surface area contributed by atoms with E-state index in [1.54, 1.807) is 0 Å². The van der Waals surface area contributed by atoms with Crippen molar-refractivity contribution < 1.29 is 4.74 Å². The Balaban J connectivity index is 2.53. The molecule has 0 aliphatic carbocycles. The van der Waals surface area contributed by atoms with Crippen molar-refractivity contribution in [3.8, 4) is 0 Å². The second kappa shape index (κ2) is 8.14. The highest BCUT2D eigenvalue weighted by molar-refractivity contribution is 5.10. The monoisotopic (exact) mass is 237 g/mol. The third-order valence-electron chi connectivity index (χ3n) is 2.36. The van der Waals surface area contributed by atoms with Gasteiger partial charge in [0.25, 0.3) is 0 Å². The molecule has 4 heteroatoms. The van der Waals surface area contributed by atoms with Gasteiger partial charge in [-0.25, -0.2) is 9.97 Å². The molecule has 96 valence electrons. The Morgan fingerprint density at radius 2 is 2.12 bits per heavy atom. The minimum atomic E-state index is 0.696. The maximum Gasteiger partial charge on any atom is 0.131 e. The van der Waals surface area contributed by atoms with Gasteiger partial charge in [0, 0.05) is 25.3 Å². The fourth-order valence-corrected chi connectivity index (χ4v) is 1.60. The first-order valence-corrected chi connectivity index (χ1v) is 6.38. The minimum Gasteiger partial charge on any atom is -0.381 e. The molecule has 0 saturated carbocycles. The summed E-state index contributed by atoms with van der Waals surface area (Å²) in [6, 6.07) is 2.03. The topological polar surface area (TPSA) is 47.0 Å². The maximum atomic E-state index is 5.32. The molecule has 1 N–H and O–H groups in total. The molecule has 0 spiro atoms. The highest BCUT2D eigenvalue weighted by Gasteiger charge is 2.02. The average Bonchev–Trinajstić information content (AvgIpc) is 2.29. The molecule has 17 heavy (non-hydrogen) atoms. The van der Waals surface area contributed by atoms with E-state index in [9.17, 15) is 0 Å². The zero-order valence-corrected chi connectivity index (χ0v) is 11.1. The van der Waals surface area contributed by atoms with Gasteiger partial charge >= 0.3 is 0 Å². The molecule has 0 unspecified atom stereocenters. The molecule has 0 fully saturated rings. The number of nitrogens with one attached hydrogen (secondary N) is 1. The van der Waals surface area contributed by atoms with Crippen LogP contribution in [0.1, 0.15) is 37.5 Å². The van der Waals surface area contributed by atoms with Crippen molar-refractivity contribution in [2.24, 2.45) is 0 Å². The Morgan fingerprint density at radius 3 is 2.82 bits per heavy atom. The zero-order chi connectivity index (χ0) is 12.5. The molecule has 0 radical (unpaired) electrons. The highest BCUT2D eigenvalue weighted by Crippen LogP contribution is 2.02. The minimum absolute atomic E-state index is 0.696. The molecule has 1 aromatic heterocycles. The number of ether oxygens (including phenoxy) is 1. The lowest BCUT2D eigenvalue weighted by Crippen LogP contribution is -2.16. The number of rotatable bonds is 8. The van der Waals surface area contributed by atoms with Crippen molar-refractivity contribution in [3.05, 3.63) is 23.3 Å². The molecule has 0 aliphatic rings. The fraction of sp³-hybridized carbons (Fsp3) is 0.692. The van der Waals surface area contributed by atoms with Crippen molar-refractivity contribution in [1.82, 2.24) is 15.3 Å². The van der Waals surface area contributed by atoms with E-state index >= 15 is 0 Å². The van der Waals surface area contributed by atoms with Crippen LogP contribution in [0.25, 0.3) is 0 Å². The van der Waals surface area contributed by atoms with Crippen LogP contribution in [0.4, 0.5) is 0 Å². The van der Waals surface area contributed by atoms with Gasteiger partial charge in [0.1, 0.15) is 5.82 Å². The second-order valence-electron chi connectivity index (χ2n) is 4.04. The van der Waals surface area contributed by atoms with E-state index in [0.717, 1.165) is 49.8 Å². The first-order valence-electron chi connectivity index (χ1n) is 6.38. The normalized spacial score (nSPS) is 10.8. The molecular weight excluding hydrogens is 214 g/mol. The van der Waals surface area contributed by atoms with Crippen LogP contribution in [-0.4, -0.2) is 29.7 Å². The smallest absolute Gasteiger partial charge is 0.131 e. The lowest BCUT2D eigenvalue weighted by atomic mass is 10.3. The summed E-state index contributed by atoms with van der Waals surface area (Å²) >= 11 is 0. The van der Waals surface area contributed by atoms with Crippen molar-refractivity contribution in [2.45, 2.75) is 40.2 Å². The third kappa shape index (κ3) is 5.75. The summed E-state index contributed by atoms with van der Waals surface area (Å²) < 4.78 is 5.32. The molecule has 4 nitrogen and oxygen atoms in total. The van der Waals surface area contributed by atoms with Gasteiger partial charge in [-0.3, -0.25) is 0 Å². The lowest BCUT2D eigenvalue weighted by molar-refractivity contribution is 0.149. The molecule has 0 bridgehead atoms. The number of hydrogen-bond donors (Lipinski definition) is 1. The van der Waals surface area contributed by atoms with Crippen molar-refractivity contribution in [1.29, 1.82) is 0 Å². The van der Waals surface area contributed by atoms with Gasteiger partial charge in [0.05, 0.1) is 12.3 Å². The summed E-state index contributed by atoms with van der Waals surface area (Å²) in [6.45, 7) is 9.45. The lowest BCUT2D eigenvalue weighted by Gasteiger charge is -2.07. The van der Waals surface area contributed by atoms with E-state index in [0.29, 0.717) is 6.61 Å². The Bertz CT molecular complexity index is 300. The molecule has 1 aromatic rings. The van der Waals surface area contributed by atoms with Crippen molar-refractivity contribution >= 4 is 0 Å². The van der Waals surface area contributed by atoms with Gasteiger partial charge in [-0.15, -0.1) is 0 Å². The predicted molar refractivity (Wildman–Crippen MR) is 69.0 cm³/mol. The average molecular weight is 237 g/mol. The van der Waals surface area contributed by atoms with Crippen LogP contribution in [0.3, 0.4) is 0 Å². The van der Waals surface area contributed by atoms with Crippen LogP contribution in [0.5, 0.6) is 0 Å². The summed E-state index contributed by atoms with van der Waals surface area (Å²) in [7, 11) is 0. The van der Waals surface area contributed by atoms with E-state index in [-0.39, 0.29) is 0 Å². The van der Waals surface area contributed by atoms with Gasteiger partial charge in [0.15, 0.2) is 0 Å². The summed E-state index contributed by atoms with van der Waals surface area (Å²) in [4.78, 5) is 8.94. The Morgan fingerprint density at radius 1 is 1.29 bits per heavy atom. The van der Waals surface area contributed by atoms with Gasteiger partial charge in [-0.2, -0.15) is 0 Å². The molecule has 0 saturated heterocycles. The quantitative estimate of drug-likeness (QED) is 0.701. The van der Waals surface area contributed by atoms with E-state index in [2.05, 4.69) is 22.2 Å². The van der Waals surface area contributed by atoms with Crippen LogP contribution in [0, 0.1) is 6.92 Å². The van der Waals surface area contributed by atoms with Crippen molar-refractivity contribution in [2.75, 3.05) is 19.8 Å². The van der Waals surface area contributed by atoms with Gasteiger partial charge in [-0.05, 0) is 32.9 Å².